The van der Waals surface area contributed by atoms with Crippen molar-refractivity contribution in [3.63, 3.8) is 0 Å². The normalized spacial score (nSPS) is 13.3. The SMILES string of the molecule is NCC(N)c1ccc(N=Nc2ccc(S(N)(=O)=O)cc2)c2ccccc12. The highest BCUT2D eigenvalue weighted by molar-refractivity contribution is 7.89. The van der Waals surface area contributed by atoms with E-state index < -0.39 is 10.0 Å². The number of hydrogen-bond donors (Lipinski definition) is 3. The van der Waals surface area contributed by atoms with Gasteiger partial charge in [0.05, 0.1) is 16.3 Å². The van der Waals surface area contributed by atoms with Gasteiger partial charge in [-0.05, 0) is 41.3 Å². The van der Waals surface area contributed by atoms with Crippen molar-refractivity contribution in [3.8, 4) is 0 Å². The van der Waals surface area contributed by atoms with Gasteiger partial charge < -0.3 is 11.5 Å². The zero-order chi connectivity index (χ0) is 18.7. The summed E-state index contributed by atoms with van der Waals surface area (Å²) in [4.78, 5) is 0.0297. The summed E-state index contributed by atoms with van der Waals surface area (Å²) < 4.78 is 22.6. The molecular weight excluding hydrogens is 350 g/mol. The van der Waals surface area contributed by atoms with Crippen molar-refractivity contribution in [1.82, 2.24) is 0 Å². The van der Waals surface area contributed by atoms with Crippen molar-refractivity contribution in [1.29, 1.82) is 0 Å². The number of nitrogens with two attached hydrogens (primary N) is 3. The minimum Gasteiger partial charge on any atom is -0.329 e. The maximum atomic E-state index is 11.3. The van der Waals surface area contributed by atoms with Crippen LogP contribution in [-0.2, 0) is 10.0 Å². The van der Waals surface area contributed by atoms with E-state index in [4.69, 9.17) is 16.6 Å². The highest BCUT2D eigenvalue weighted by Gasteiger charge is 2.11. The monoisotopic (exact) mass is 369 g/mol. The Bertz CT molecular complexity index is 1060. The van der Waals surface area contributed by atoms with E-state index >= 15 is 0 Å². The summed E-state index contributed by atoms with van der Waals surface area (Å²) >= 11 is 0. The summed E-state index contributed by atoms with van der Waals surface area (Å²) in [7, 11) is -3.73. The van der Waals surface area contributed by atoms with Crippen LogP contribution in [0.4, 0.5) is 11.4 Å². The minimum absolute atomic E-state index is 0.0297. The van der Waals surface area contributed by atoms with Crippen LogP contribution >= 0.6 is 0 Å². The molecule has 1 atom stereocenters. The van der Waals surface area contributed by atoms with E-state index in [1.807, 2.05) is 36.4 Å². The molecule has 3 aromatic carbocycles. The minimum atomic E-state index is -3.73. The third-order valence-electron chi connectivity index (χ3n) is 4.03. The van der Waals surface area contributed by atoms with Gasteiger partial charge in [-0.2, -0.15) is 5.11 Å². The number of primary sulfonamides is 1. The molecule has 0 spiro atoms. The molecule has 0 aliphatic heterocycles. The maximum absolute atomic E-state index is 11.3. The number of nitrogens with zero attached hydrogens (tertiary/aromatic N) is 2. The lowest BCUT2D eigenvalue weighted by Gasteiger charge is -2.13. The van der Waals surface area contributed by atoms with Crippen LogP contribution in [0.5, 0.6) is 0 Å². The second-order valence-electron chi connectivity index (χ2n) is 5.80. The Kier molecular flexibility index (Phi) is 5.10. The van der Waals surface area contributed by atoms with E-state index in [9.17, 15) is 8.42 Å². The molecule has 0 aromatic heterocycles. The number of hydrogen-bond acceptors (Lipinski definition) is 6. The highest BCUT2D eigenvalue weighted by atomic mass is 32.2. The van der Waals surface area contributed by atoms with E-state index in [1.54, 1.807) is 12.1 Å². The summed E-state index contributed by atoms with van der Waals surface area (Å²) in [5.41, 5.74) is 13.9. The molecule has 0 heterocycles. The predicted octanol–water partition coefficient (Wildman–Crippen LogP) is 2.86. The summed E-state index contributed by atoms with van der Waals surface area (Å²) in [6, 6.07) is 17.1. The van der Waals surface area contributed by atoms with Gasteiger partial charge in [-0.25, -0.2) is 13.6 Å². The number of fused-ring (bicyclic) bond motifs is 1. The van der Waals surface area contributed by atoms with Gasteiger partial charge in [0.15, 0.2) is 0 Å². The van der Waals surface area contributed by atoms with Gasteiger partial charge in [-0.15, -0.1) is 5.11 Å². The molecule has 1 unspecified atom stereocenters. The Labute approximate surface area is 151 Å². The lowest BCUT2D eigenvalue weighted by molar-refractivity contribution is 0.598. The third kappa shape index (κ3) is 3.78. The molecule has 134 valence electrons. The first-order valence-electron chi connectivity index (χ1n) is 7.92. The molecule has 3 rings (SSSR count). The fourth-order valence-electron chi connectivity index (χ4n) is 2.66. The van der Waals surface area contributed by atoms with Crippen LogP contribution in [-0.4, -0.2) is 15.0 Å². The number of rotatable bonds is 5. The fraction of sp³-hybridized carbons (Fsp3) is 0.111. The van der Waals surface area contributed by atoms with E-state index in [2.05, 4.69) is 10.2 Å². The lowest BCUT2D eigenvalue weighted by atomic mass is 9.98. The first-order chi connectivity index (χ1) is 12.4. The van der Waals surface area contributed by atoms with Crippen molar-refractivity contribution in [2.24, 2.45) is 26.8 Å². The van der Waals surface area contributed by atoms with E-state index in [1.165, 1.54) is 12.1 Å². The molecule has 0 bridgehead atoms. The Hall–Kier alpha value is -2.65. The molecule has 0 fully saturated rings. The highest BCUT2D eigenvalue weighted by Crippen LogP contribution is 2.32. The zero-order valence-electron chi connectivity index (χ0n) is 13.9. The van der Waals surface area contributed by atoms with Crippen molar-refractivity contribution in [2.75, 3.05) is 6.54 Å². The van der Waals surface area contributed by atoms with Crippen molar-refractivity contribution < 1.29 is 8.42 Å². The maximum Gasteiger partial charge on any atom is 0.238 e. The van der Waals surface area contributed by atoms with Gasteiger partial charge in [-0.3, -0.25) is 0 Å². The predicted molar refractivity (Wildman–Crippen MR) is 102 cm³/mol. The molecule has 8 heteroatoms. The second-order valence-corrected chi connectivity index (χ2v) is 7.36. The molecule has 0 aliphatic carbocycles. The Morgan fingerprint density at radius 2 is 1.54 bits per heavy atom. The summed E-state index contributed by atoms with van der Waals surface area (Å²) in [5.74, 6) is 0. The zero-order valence-corrected chi connectivity index (χ0v) is 14.7. The van der Waals surface area contributed by atoms with Crippen LogP contribution in [0.15, 0.2) is 75.8 Å². The average Bonchev–Trinajstić information content (AvgIpc) is 2.65. The molecule has 0 saturated heterocycles. The van der Waals surface area contributed by atoms with Gasteiger partial charge >= 0.3 is 0 Å². The number of azo groups is 1. The van der Waals surface area contributed by atoms with Crippen LogP contribution < -0.4 is 16.6 Å². The molecule has 0 radical (unpaired) electrons. The van der Waals surface area contributed by atoms with Crippen LogP contribution in [0.25, 0.3) is 10.8 Å². The Morgan fingerprint density at radius 3 is 2.15 bits per heavy atom. The van der Waals surface area contributed by atoms with Crippen LogP contribution in [0, 0.1) is 0 Å². The van der Waals surface area contributed by atoms with Gasteiger partial charge in [0.25, 0.3) is 0 Å². The average molecular weight is 369 g/mol. The first-order valence-corrected chi connectivity index (χ1v) is 9.46. The second kappa shape index (κ2) is 7.30. The van der Waals surface area contributed by atoms with E-state index in [0.717, 1.165) is 16.3 Å². The fourth-order valence-corrected chi connectivity index (χ4v) is 3.17. The van der Waals surface area contributed by atoms with Crippen molar-refractivity contribution in [2.45, 2.75) is 10.9 Å². The summed E-state index contributed by atoms with van der Waals surface area (Å²) in [6.45, 7) is 0.348. The third-order valence-corrected chi connectivity index (χ3v) is 4.96. The van der Waals surface area contributed by atoms with Gasteiger partial charge in [-0.1, -0.05) is 30.3 Å². The van der Waals surface area contributed by atoms with Gasteiger partial charge in [0.1, 0.15) is 0 Å². The largest absolute Gasteiger partial charge is 0.329 e. The van der Waals surface area contributed by atoms with Crippen LogP contribution in [0.1, 0.15) is 11.6 Å². The molecule has 26 heavy (non-hydrogen) atoms. The standard InChI is InChI=1S/C18H19N5O2S/c19-11-17(20)15-9-10-18(16-4-2-1-3-14(15)16)23-22-12-5-7-13(8-6-12)26(21,24)25/h1-10,17H,11,19-20H2,(H2,21,24,25). The van der Waals surface area contributed by atoms with E-state index in [0.29, 0.717) is 17.9 Å². The summed E-state index contributed by atoms with van der Waals surface area (Å²) in [5, 5.41) is 15.4. The van der Waals surface area contributed by atoms with Crippen molar-refractivity contribution in [3.05, 3.63) is 66.2 Å². The molecule has 3 aromatic rings. The summed E-state index contributed by atoms with van der Waals surface area (Å²) in [6.07, 6.45) is 0. The Morgan fingerprint density at radius 1 is 0.885 bits per heavy atom. The molecule has 0 saturated carbocycles. The van der Waals surface area contributed by atoms with Crippen LogP contribution in [0.3, 0.4) is 0 Å². The molecular formula is C18H19N5O2S. The van der Waals surface area contributed by atoms with Gasteiger partial charge in [0, 0.05) is 18.0 Å². The van der Waals surface area contributed by atoms with Gasteiger partial charge in [0.2, 0.25) is 10.0 Å². The Balaban J connectivity index is 1.98. The first kappa shape index (κ1) is 18.2. The molecule has 0 amide bonds. The molecule has 6 N–H and O–H groups in total. The number of benzene rings is 3. The lowest BCUT2D eigenvalue weighted by Crippen LogP contribution is -2.20. The van der Waals surface area contributed by atoms with Crippen LogP contribution in [0.2, 0.25) is 0 Å². The van der Waals surface area contributed by atoms with E-state index in [-0.39, 0.29) is 10.9 Å². The smallest absolute Gasteiger partial charge is 0.238 e. The number of sulfonamides is 1. The topological polar surface area (TPSA) is 137 Å². The molecule has 0 aliphatic rings. The molecule has 7 nitrogen and oxygen atoms in total. The quantitative estimate of drug-likeness (QED) is 0.595. The van der Waals surface area contributed by atoms with Crippen molar-refractivity contribution >= 4 is 32.2 Å².